The van der Waals surface area contributed by atoms with E-state index in [0.29, 0.717) is 42.4 Å². The van der Waals surface area contributed by atoms with Crippen molar-refractivity contribution in [1.82, 2.24) is 9.88 Å². The van der Waals surface area contributed by atoms with Crippen LogP contribution in [0.4, 0.5) is 0 Å². The number of hydrogen-bond acceptors (Lipinski definition) is 7. The van der Waals surface area contributed by atoms with Gasteiger partial charge in [-0.2, -0.15) is 0 Å². The number of nitrogens with two attached hydrogens (primary N) is 2. The zero-order chi connectivity index (χ0) is 31.8. The van der Waals surface area contributed by atoms with Gasteiger partial charge in [0.15, 0.2) is 22.5 Å². The number of para-hydroxylation sites is 1. The maximum atomic E-state index is 14.0. The van der Waals surface area contributed by atoms with Crippen molar-refractivity contribution in [3.63, 3.8) is 0 Å². The second-order valence-electron chi connectivity index (χ2n) is 11.2. The zero-order valence-corrected chi connectivity index (χ0v) is 26.4. The molecule has 1 amide bonds. The van der Waals surface area contributed by atoms with Crippen molar-refractivity contribution in [2.75, 3.05) is 13.1 Å². The Bertz CT molecular complexity index is 1620. The lowest BCUT2D eigenvalue weighted by atomic mass is 9.90. The molecule has 1 fully saturated rings. The van der Waals surface area contributed by atoms with Crippen LogP contribution >= 0.6 is 22.9 Å². The summed E-state index contributed by atoms with van der Waals surface area (Å²) in [6, 6.07) is 23.7. The van der Waals surface area contributed by atoms with Crippen molar-refractivity contribution in [2.24, 2.45) is 22.4 Å². The first kappa shape index (κ1) is 32.3. The second-order valence-corrected chi connectivity index (χ2v) is 12.7. The van der Waals surface area contributed by atoms with Crippen molar-refractivity contribution in [3.8, 4) is 0 Å². The van der Waals surface area contributed by atoms with E-state index in [9.17, 15) is 14.4 Å². The number of hydrogen-bond donors (Lipinski definition) is 2. The van der Waals surface area contributed by atoms with Gasteiger partial charge in [-0.25, -0.2) is 4.98 Å². The number of fused-ring (bicyclic) bond motifs is 1. The molecule has 4 aromatic rings. The Labute approximate surface area is 271 Å². The van der Waals surface area contributed by atoms with Gasteiger partial charge < -0.3 is 21.1 Å². The minimum atomic E-state index is -0.709. The highest BCUT2D eigenvalue weighted by atomic mass is 35.5. The molecule has 0 aliphatic carbocycles. The molecule has 1 saturated heterocycles. The molecule has 1 aliphatic rings. The number of likely N-dealkylation sites (tertiary alicyclic amines) is 1. The first-order valence-electron chi connectivity index (χ1n) is 14.9. The van der Waals surface area contributed by atoms with Crippen LogP contribution in [0.2, 0.25) is 5.02 Å². The van der Waals surface area contributed by atoms with Gasteiger partial charge in [0.2, 0.25) is 5.91 Å². The topological polar surface area (TPSA) is 141 Å². The molecule has 0 bridgehead atoms. The summed E-state index contributed by atoms with van der Waals surface area (Å²) in [5.41, 5.74) is 13.5. The van der Waals surface area contributed by atoms with Crippen molar-refractivity contribution in [1.29, 1.82) is 0 Å². The highest BCUT2D eigenvalue weighted by Crippen LogP contribution is 2.30. The number of benzene rings is 3. The standard InChI is InChI=1S/C34H36ClN5O4S/c35-25-14-12-23(13-15-25)21-44-26-19-28(40(20-26)31(42)17-22-7-2-1-3-8-22)29(41)18-24(9-6-16-38-34(36)37)32(43)33-39-27-10-4-5-11-30(27)45-33/h1-5,7-8,10-15,24,26,28H,6,9,16-21H2,(H4,36,37,38)/t24-,26-,28+/m1/s1. The van der Waals surface area contributed by atoms with Crippen LogP contribution in [0.25, 0.3) is 10.2 Å². The molecule has 0 saturated carbocycles. The van der Waals surface area contributed by atoms with Crippen LogP contribution < -0.4 is 11.5 Å². The summed E-state index contributed by atoms with van der Waals surface area (Å²) < 4.78 is 7.10. The van der Waals surface area contributed by atoms with Gasteiger partial charge in [0, 0.05) is 36.9 Å². The van der Waals surface area contributed by atoms with Gasteiger partial charge in [-0.05, 0) is 48.2 Å². The van der Waals surface area contributed by atoms with Gasteiger partial charge in [0.25, 0.3) is 0 Å². The minimum Gasteiger partial charge on any atom is -0.372 e. The minimum absolute atomic E-state index is 0.0247. The Morgan fingerprint density at radius 2 is 1.73 bits per heavy atom. The summed E-state index contributed by atoms with van der Waals surface area (Å²) in [6.07, 6.45) is 1.07. The largest absolute Gasteiger partial charge is 0.372 e. The zero-order valence-electron chi connectivity index (χ0n) is 24.8. The number of carbonyl (C=O) groups excluding carboxylic acids is 3. The van der Waals surface area contributed by atoms with Crippen LogP contribution in [0.3, 0.4) is 0 Å². The number of carbonyl (C=O) groups is 3. The monoisotopic (exact) mass is 645 g/mol. The molecule has 9 nitrogen and oxygen atoms in total. The average molecular weight is 646 g/mol. The lowest BCUT2D eigenvalue weighted by Gasteiger charge is -2.25. The normalized spacial score (nSPS) is 16.9. The van der Waals surface area contributed by atoms with E-state index in [-0.39, 0.29) is 48.9 Å². The van der Waals surface area contributed by atoms with Crippen LogP contribution in [0.1, 0.15) is 46.6 Å². The molecule has 0 unspecified atom stereocenters. The number of rotatable bonds is 14. The van der Waals surface area contributed by atoms with Crippen LogP contribution in [0.5, 0.6) is 0 Å². The van der Waals surface area contributed by atoms with E-state index in [1.165, 1.54) is 11.3 Å². The summed E-state index contributed by atoms with van der Waals surface area (Å²) in [5.74, 6) is -1.17. The van der Waals surface area contributed by atoms with E-state index in [2.05, 4.69) is 9.98 Å². The molecule has 45 heavy (non-hydrogen) atoms. The Morgan fingerprint density at radius 1 is 1.00 bits per heavy atom. The average Bonchev–Trinajstić information content (AvgIpc) is 3.67. The molecule has 4 N–H and O–H groups in total. The van der Waals surface area contributed by atoms with E-state index in [1.54, 1.807) is 17.0 Å². The third-order valence-corrected chi connectivity index (χ3v) is 9.18. The highest BCUT2D eigenvalue weighted by molar-refractivity contribution is 7.20. The van der Waals surface area contributed by atoms with Crippen LogP contribution in [-0.2, 0) is 27.4 Å². The fourth-order valence-electron chi connectivity index (χ4n) is 5.57. The van der Waals surface area contributed by atoms with E-state index in [0.717, 1.165) is 21.3 Å². The Morgan fingerprint density at radius 3 is 2.47 bits per heavy atom. The number of amides is 1. The van der Waals surface area contributed by atoms with Gasteiger partial charge in [-0.3, -0.25) is 19.4 Å². The number of halogens is 1. The van der Waals surface area contributed by atoms with E-state index >= 15 is 0 Å². The molecule has 234 valence electrons. The van der Waals surface area contributed by atoms with Crippen LogP contribution in [0, 0.1) is 5.92 Å². The van der Waals surface area contributed by atoms with Gasteiger partial charge in [-0.15, -0.1) is 11.3 Å². The van der Waals surface area contributed by atoms with Crippen molar-refractivity contribution >= 4 is 56.6 Å². The summed E-state index contributed by atoms with van der Waals surface area (Å²) in [4.78, 5) is 51.6. The number of aliphatic imine (C=N–C) groups is 1. The van der Waals surface area contributed by atoms with E-state index in [4.69, 9.17) is 27.8 Å². The van der Waals surface area contributed by atoms with Gasteiger partial charge in [0.05, 0.1) is 35.4 Å². The van der Waals surface area contributed by atoms with Gasteiger partial charge in [0.1, 0.15) is 0 Å². The third-order valence-electron chi connectivity index (χ3n) is 7.88. The second kappa shape index (κ2) is 15.2. The Hall–Kier alpha value is -4.12. The molecule has 0 radical (unpaired) electrons. The fraction of sp³-hybridized carbons (Fsp3) is 0.324. The molecule has 5 rings (SSSR count). The van der Waals surface area contributed by atoms with Crippen molar-refractivity contribution in [3.05, 3.63) is 100 Å². The molecular formula is C34H36ClN5O4S. The maximum absolute atomic E-state index is 14.0. The summed E-state index contributed by atoms with van der Waals surface area (Å²) in [5, 5.41) is 1.000. The molecule has 0 spiro atoms. The number of nitrogens with zero attached hydrogens (tertiary/aromatic N) is 3. The molecule has 3 aromatic carbocycles. The number of ether oxygens (including phenoxy) is 1. The summed E-state index contributed by atoms with van der Waals surface area (Å²) in [7, 11) is 0. The van der Waals surface area contributed by atoms with Crippen LogP contribution in [0.15, 0.2) is 83.9 Å². The first-order chi connectivity index (χ1) is 21.8. The third kappa shape index (κ3) is 8.75. The summed E-state index contributed by atoms with van der Waals surface area (Å²) in [6.45, 7) is 0.954. The quantitative estimate of drug-likeness (QED) is 0.0832. The fourth-order valence-corrected chi connectivity index (χ4v) is 6.68. The van der Waals surface area contributed by atoms with Crippen LogP contribution in [-0.4, -0.2) is 58.6 Å². The highest BCUT2D eigenvalue weighted by Gasteiger charge is 2.41. The number of guanidine groups is 1. The SMILES string of the molecule is NC(N)=NCCC[C@H](CC(=O)[C@@H]1C[C@@H](OCc2ccc(Cl)cc2)CN1C(=O)Cc1ccccc1)C(=O)c1nc2ccccc2s1. The number of aromatic nitrogens is 1. The van der Waals surface area contributed by atoms with Gasteiger partial charge in [-0.1, -0.05) is 66.2 Å². The number of Topliss-reactive ketones (excluding diaryl/α,β-unsaturated/α-hetero) is 2. The van der Waals surface area contributed by atoms with E-state index < -0.39 is 12.0 Å². The molecular weight excluding hydrogens is 610 g/mol. The lowest BCUT2D eigenvalue weighted by Crippen LogP contribution is -2.42. The molecule has 2 heterocycles. The van der Waals surface area contributed by atoms with Crippen molar-refractivity contribution < 1.29 is 19.1 Å². The maximum Gasteiger partial charge on any atom is 0.227 e. The predicted molar refractivity (Wildman–Crippen MR) is 177 cm³/mol. The van der Waals surface area contributed by atoms with E-state index in [1.807, 2.05) is 66.7 Å². The molecule has 1 aromatic heterocycles. The Balaban J connectivity index is 1.34. The van der Waals surface area contributed by atoms with Crippen molar-refractivity contribution in [2.45, 2.75) is 50.9 Å². The summed E-state index contributed by atoms with van der Waals surface area (Å²) >= 11 is 7.34. The number of thiazole rings is 1. The Kier molecular flexibility index (Phi) is 10.9. The molecule has 1 aliphatic heterocycles. The van der Waals surface area contributed by atoms with Gasteiger partial charge >= 0.3 is 0 Å². The first-order valence-corrected chi connectivity index (χ1v) is 16.1. The molecule has 3 atom stereocenters. The predicted octanol–water partition coefficient (Wildman–Crippen LogP) is 5.19. The lowest BCUT2D eigenvalue weighted by molar-refractivity contribution is -0.137. The molecule has 11 heteroatoms. The number of ketones is 2. The smallest absolute Gasteiger partial charge is 0.227 e.